The number of aldehydes is 1. The number of Topliss-reactive ketones (excluding diaryl/α,β-unsaturated/α-hetero) is 1. The van der Waals surface area contributed by atoms with Crippen LogP contribution in [0.25, 0.3) is 0 Å². The number of nitrogens with one attached hydrogen (secondary N) is 1. The Labute approximate surface area is 165 Å². The molecule has 28 heavy (non-hydrogen) atoms. The van der Waals surface area contributed by atoms with E-state index >= 15 is 0 Å². The van der Waals surface area contributed by atoms with E-state index in [-0.39, 0.29) is 23.1 Å². The van der Waals surface area contributed by atoms with Gasteiger partial charge in [0.1, 0.15) is 6.29 Å². The monoisotopic (exact) mass is 392 g/mol. The lowest BCUT2D eigenvalue weighted by atomic mass is 9.94. The average Bonchev–Trinajstić information content (AvgIpc) is 2.74. The Morgan fingerprint density at radius 1 is 1.14 bits per heavy atom. The SMILES string of the molecule is CCNCC1CCCC(C=O)N1C(=O)C(=O)c1cc(OC)c(OC)c(OC)c1. The van der Waals surface area contributed by atoms with Gasteiger partial charge in [0.25, 0.3) is 11.7 Å². The predicted octanol–water partition coefficient (Wildman–Crippen LogP) is 1.45. The summed E-state index contributed by atoms with van der Waals surface area (Å²) in [5.74, 6) is -0.508. The first-order chi connectivity index (χ1) is 13.5. The van der Waals surface area contributed by atoms with Gasteiger partial charge in [-0.25, -0.2) is 0 Å². The Balaban J connectivity index is 2.37. The molecule has 1 aromatic rings. The summed E-state index contributed by atoms with van der Waals surface area (Å²) in [5, 5.41) is 3.20. The van der Waals surface area contributed by atoms with Gasteiger partial charge < -0.3 is 29.2 Å². The Morgan fingerprint density at radius 2 is 1.79 bits per heavy atom. The lowest BCUT2D eigenvalue weighted by Crippen LogP contribution is -2.56. The van der Waals surface area contributed by atoms with Crippen molar-refractivity contribution in [3.8, 4) is 17.2 Å². The summed E-state index contributed by atoms with van der Waals surface area (Å²) < 4.78 is 15.8. The van der Waals surface area contributed by atoms with Crippen molar-refractivity contribution in [3.63, 3.8) is 0 Å². The zero-order chi connectivity index (χ0) is 20.7. The van der Waals surface area contributed by atoms with Gasteiger partial charge in [-0.15, -0.1) is 0 Å². The quantitative estimate of drug-likeness (QED) is 0.386. The normalized spacial score (nSPS) is 19.1. The Bertz CT molecular complexity index is 696. The Hall–Kier alpha value is -2.61. The van der Waals surface area contributed by atoms with E-state index < -0.39 is 17.7 Å². The number of benzene rings is 1. The summed E-state index contributed by atoms with van der Waals surface area (Å²) in [6.45, 7) is 3.24. The molecule has 1 fully saturated rings. The highest BCUT2D eigenvalue weighted by atomic mass is 16.5. The first-order valence-corrected chi connectivity index (χ1v) is 9.35. The number of methoxy groups -OCH3 is 3. The number of nitrogens with zero attached hydrogens (tertiary/aromatic N) is 1. The van der Waals surface area contributed by atoms with E-state index in [1.165, 1.54) is 38.4 Å². The number of rotatable bonds is 9. The molecule has 0 spiro atoms. The highest BCUT2D eigenvalue weighted by Crippen LogP contribution is 2.38. The number of ether oxygens (including phenoxy) is 3. The van der Waals surface area contributed by atoms with E-state index in [9.17, 15) is 14.4 Å². The summed E-state index contributed by atoms with van der Waals surface area (Å²) in [6, 6.07) is 2.08. The fraction of sp³-hybridized carbons (Fsp3) is 0.550. The van der Waals surface area contributed by atoms with Crippen LogP contribution in [0.4, 0.5) is 0 Å². The summed E-state index contributed by atoms with van der Waals surface area (Å²) in [5.41, 5.74) is 0.122. The Kier molecular flexibility index (Phi) is 7.80. The molecule has 1 aliphatic rings. The van der Waals surface area contributed by atoms with Crippen LogP contribution in [0, 0.1) is 0 Å². The lowest BCUT2D eigenvalue weighted by molar-refractivity contribution is -0.136. The maximum atomic E-state index is 13.1. The van der Waals surface area contributed by atoms with Crippen LogP contribution in [-0.2, 0) is 9.59 Å². The number of likely N-dealkylation sites (tertiary alicyclic amines) is 1. The number of carbonyl (C=O) groups excluding carboxylic acids is 3. The van der Waals surface area contributed by atoms with Crippen molar-refractivity contribution in [1.82, 2.24) is 10.2 Å². The van der Waals surface area contributed by atoms with Crippen molar-refractivity contribution in [2.75, 3.05) is 34.4 Å². The van der Waals surface area contributed by atoms with Crippen LogP contribution in [0.1, 0.15) is 36.5 Å². The maximum absolute atomic E-state index is 13.1. The van der Waals surface area contributed by atoms with E-state index in [1.807, 2.05) is 6.92 Å². The second-order valence-corrected chi connectivity index (χ2v) is 6.55. The van der Waals surface area contributed by atoms with Gasteiger partial charge in [0.05, 0.1) is 27.4 Å². The van der Waals surface area contributed by atoms with Gasteiger partial charge in [0.2, 0.25) is 5.75 Å². The van der Waals surface area contributed by atoms with Crippen LogP contribution in [0.15, 0.2) is 12.1 Å². The van der Waals surface area contributed by atoms with Gasteiger partial charge in [0, 0.05) is 18.2 Å². The number of hydrogen-bond acceptors (Lipinski definition) is 7. The summed E-state index contributed by atoms with van der Waals surface area (Å²) in [6.07, 6.45) is 2.88. The minimum Gasteiger partial charge on any atom is -0.493 e. The number of ketones is 1. The standard InChI is InChI=1S/C20H28N2O6/c1-5-21-11-14-7-6-8-15(12-23)22(14)20(25)18(24)13-9-16(26-2)19(28-4)17(10-13)27-3/h9-10,12,14-15,21H,5-8,11H2,1-4H3. The van der Waals surface area contributed by atoms with Crippen molar-refractivity contribution >= 4 is 18.0 Å². The molecule has 2 atom stereocenters. The summed E-state index contributed by atoms with van der Waals surface area (Å²) in [4.78, 5) is 39.0. The van der Waals surface area contributed by atoms with Crippen LogP contribution in [-0.4, -0.2) is 69.4 Å². The van der Waals surface area contributed by atoms with Crippen LogP contribution in [0.3, 0.4) is 0 Å². The third-order valence-electron chi connectivity index (χ3n) is 4.93. The lowest BCUT2D eigenvalue weighted by Gasteiger charge is -2.39. The third-order valence-corrected chi connectivity index (χ3v) is 4.93. The number of piperidine rings is 1. The average molecular weight is 392 g/mol. The van der Waals surface area contributed by atoms with Crippen molar-refractivity contribution in [3.05, 3.63) is 17.7 Å². The van der Waals surface area contributed by atoms with Crippen LogP contribution in [0.5, 0.6) is 17.2 Å². The number of likely N-dealkylation sites (N-methyl/N-ethyl adjacent to an activating group) is 1. The molecule has 2 rings (SSSR count). The van der Waals surface area contributed by atoms with Crippen LogP contribution in [0.2, 0.25) is 0 Å². The topological polar surface area (TPSA) is 94.2 Å². The molecule has 0 saturated carbocycles. The molecule has 8 heteroatoms. The van der Waals surface area contributed by atoms with Gasteiger partial charge in [-0.3, -0.25) is 9.59 Å². The molecule has 1 saturated heterocycles. The second-order valence-electron chi connectivity index (χ2n) is 6.55. The molecule has 0 aromatic heterocycles. The third kappa shape index (κ3) is 4.44. The molecular formula is C20H28N2O6. The van der Waals surface area contributed by atoms with Crippen molar-refractivity contribution in [2.45, 2.75) is 38.3 Å². The molecule has 0 radical (unpaired) electrons. The van der Waals surface area contributed by atoms with E-state index in [2.05, 4.69) is 5.32 Å². The minimum absolute atomic E-state index is 0.122. The molecule has 1 N–H and O–H groups in total. The van der Waals surface area contributed by atoms with Gasteiger partial charge >= 0.3 is 0 Å². The van der Waals surface area contributed by atoms with E-state index in [0.717, 1.165) is 25.7 Å². The van der Waals surface area contributed by atoms with E-state index in [4.69, 9.17) is 14.2 Å². The highest BCUT2D eigenvalue weighted by molar-refractivity contribution is 6.43. The fourth-order valence-corrected chi connectivity index (χ4v) is 3.53. The molecule has 8 nitrogen and oxygen atoms in total. The van der Waals surface area contributed by atoms with Crippen LogP contribution < -0.4 is 19.5 Å². The summed E-state index contributed by atoms with van der Waals surface area (Å²) >= 11 is 0. The number of hydrogen-bond donors (Lipinski definition) is 1. The van der Waals surface area contributed by atoms with E-state index in [0.29, 0.717) is 18.7 Å². The van der Waals surface area contributed by atoms with Gasteiger partial charge in [-0.2, -0.15) is 0 Å². The van der Waals surface area contributed by atoms with Gasteiger partial charge in [-0.05, 0) is 37.9 Å². The number of amides is 1. The predicted molar refractivity (Wildman–Crippen MR) is 103 cm³/mol. The van der Waals surface area contributed by atoms with E-state index in [1.54, 1.807) is 0 Å². The zero-order valence-electron chi connectivity index (χ0n) is 16.8. The molecule has 1 aliphatic heterocycles. The molecular weight excluding hydrogens is 364 g/mol. The molecule has 1 heterocycles. The second kappa shape index (κ2) is 10.1. The van der Waals surface area contributed by atoms with Crippen molar-refractivity contribution < 1.29 is 28.6 Å². The molecule has 0 bridgehead atoms. The minimum atomic E-state index is -0.713. The first-order valence-electron chi connectivity index (χ1n) is 9.35. The fourth-order valence-electron chi connectivity index (χ4n) is 3.53. The molecule has 2 unspecified atom stereocenters. The first kappa shape index (κ1) is 21.7. The van der Waals surface area contributed by atoms with Crippen LogP contribution >= 0.6 is 0 Å². The Morgan fingerprint density at radius 3 is 2.29 bits per heavy atom. The highest BCUT2D eigenvalue weighted by Gasteiger charge is 2.37. The smallest absolute Gasteiger partial charge is 0.295 e. The largest absolute Gasteiger partial charge is 0.493 e. The van der Waals surface area contributed by atoms with Gasteiger partial charge in [-0.1, -0.05) is 6.92 Å². The van der Waals surface area contributed by atoms with Crippen molar-refractivity contribution in [2.24, 2.45) is 0 Å². The maximum Gasteiger partial charge on any atom is 0.295 e. The molecule has 1 amide bonds. The summed E-state index contributed by atoms with van der Waals surface area (Å²) in [7, 11) is 4.33. The number of carbonyl (C=O) groups is 3. The van der Waals surface area contributed by atoms with Gasteiger partial charge in [0.15, 0.2) is 11.5 Å². The van der Waals surface area contributed by atoms with Crippen molar-refractivity contribution in [1.29, 1.82) is 0 Å². The molecule has 0 aliphatic carbocycles. The zero-order valence-corrected chi connectivity index (χ0v) is 16.8. The molecule has 154 valence electrons. The molecule has 1 aromatic carbocycles.